The molecular weight excluding hydrogens is 394 g/mol. The third-order valence-electron chi connectivity index (χ3n) is 6.50. The summed E-state index contributed by atoms with van der Waals surface area (Å²) < 4.78 is 7.74. The van der Waals surface area contributed by atoms with Crippen LogP contribution in [0, 0.1) is 17.2 Å². The van der Waals surface area contributed by atoms with Gasteiger partial charge in [0, 0.05) is 38.1 Å². The molecule has 0 bridgehead atoms. The number of nitrogens with zero attached hydrogens (tertiary/aromatic N) is 3. The van der Waals surface area contributed by atoms with Crippen LogP contribution in [0.15, 0.2) is 66.9 Å². The summed E-state index contributed by atoms with van der Waals surface area (Å²) in [4.78, 5) is 2.57. The SMILES string of the molecule is COc1cccc(Cn2cccc2CN(Cc2cccc(C#N)c2)CC2CCCCC2)c1. The van der Waals surface area contributed by atoms with Crippen molar-refractivity contribution in [3.8, 4) is 11.8 Å². The predicted octanol–water partition coefficient (Wildman–Crippen LogP) is 6.00. The van der Waals surface area contributed by atoms with Gasteiger partial charge in [0.2, 0.25) is 0 Å². The first kappa shape index (κ1) is 22.2. The molecule has 0 atom stereocenters. The highest BCUT2D eigenvalue weighted by atomic mass is 16.5. The third-order valence-corrected chi connectivity index (χ3v) is 6.50. The summed E-state index contributed by atoms with van der Waals surface area (Å²) in [5.41, 5.74) is 4.51. The Morgan fingerprint density at radius 2 is 1.78 bits per heavy atom. The molecule has 0 spiro atoms. The Balaban J connectivity index is 1.51. The lowest BCUT2D eigenvalue weighted by atomic mass is 9.89. The molecule has 4 nitrogen and oxygen atoms in total. The second kappa shape index (κ2) is 11.0. The van der Waals surface area contributed by atoms with E-state index in [0.717, 1.165) is 43.4 Å². The van der Waals surface area contributed by atoms with Crippen LogP contribution in [0.2, 0.25) is 0 Å². The van der Waals surface area contributed by atoms with E-state index in [-0.39, 0.29) is 0 Å². The van der Waals surface area contributed by atoms with Crippen LogP contribution < -0.4 is 4.74 Å². The van der Waals surface area contributed by atoms with Crippen molar-refractivity contribution < 1.29 is 4.74 Å². The lowest BCUT2D eigenvalue weighted by Gasteiger charge is -2.30. The van der Waals surface area contributed by atoms with Crippen molar-refractivity contribution >= 4 is 0 Å². The smallest absolute Gasteiger partial charge is 0.119 e. The highest BCUT2D eigenvalue weighted by Crippen LogP contribution is 2.26. The van der Waals surface area contributed by atoms with Crippen molar-refractivity contribution in [1.29, 1.82) is 5.26 Å². The summed E-state index contributed by atoms with van der Waals surface area (Å²) in [5.74, 6) is 1.66. The summed E-state index contributed by atoms with van der Waals surface area (Å²) in [6, 6.07) is 23.0. The lowest BCUT2D eigenvalue weighted by molar-refractivity contribution is 0.183. The number of aromatic nitrogens is 1. The molecule has 1 heterocycles. The molecule has 1 aliphatic carbocycles. The van der Waals surface area contributed by atoms with E-state index in [1.54, 1.807) is 7.11 Å². The van der Waals surface area contributed by atoms with Gasteiger partial charge in [-0.05, 0) is 66.3 Å². The maximum Gasteiger partial charge on any atom is 0.119 e. The summed E-state index contributed by atoms with van der Waals surface area (Å²) in [6.45, 7) is 3.72. The first-order valence-corrected chi connectivity index (χ1v) is 11.7. The molecule has 32 heavy (non-hydrogen) atoms. The highest BCUT2D eigenvalue weighted by molar-refractivity contribution is 5.33. The molecule has 0 unspecified atom stereocenters. The number of benzene rings is 2. The molecule has 0 radical (unpaired) electrons. The topological polar surface area (TPSA) is 41.2 Å². The zero-order chi connectivity index (χ0) is 22.2. The van der Waals surface area contributed by atoms with Crippen molar-refractivity contribution in [1.82, 2.24) is 9.47 Å². The maximum atomic E-state index is 9.30. The second-order valence-electron chi connectivity index (χ2n) is 8.96. The van der Waals surface area contributed by atoms with E-state index < -0.39 is 0 Å². The molecule has 0 amide bonds. The van der Waals surface area contributed by atoms with Crippen molar-refractivity contribution in [3.63, 3.8) is 0 Å². The fourth-order valence-corrected chi connectivity index (χ4v) is 4.86. The van der Waals surface area contributed by atoms with E-state index in [2.05, 4.69) is 58.1 Å². The Hall–Kier alpha value is -3.03. The molecule has 1 saturated carbocycles. The van der Waals surface area contributed by atoms with Gasteiger partial charge in [-0.15, -0.1) is 0 Å². The molecule has 0 aliphatic heterocycles. The number of rotatable bonds is 9. The van der Waals surface area contributed by atoms with Gasteiger partial charge in [-0.2, -0.15) is 5.26 Å². The van der Waals surface area contributed by atoms with Gasteiger partial charge in [0.05, 0.1) is 18.7 Å². The van der Waals surface area contributed by atoms with Crippen LogP contribution in [0.25, 0.3) is 0 Å². The average Bonchev–Trinajstić information content (AvgIpc) is 3.26. The minimum Gasteiger partial charge on any atom is -0.497 e. The predicted molar refractivity (Wildman–Crippen MR) is 128 cm³/mol. The average molecular weight is 428 g/mol. The van der Waals surface area contributed by atoms with Crippen molar-refractivity contribution in [2.45, 2.75) is 51.7 Å². The Kier molecular flexibility index (Phi) is 7.64. The first-order chi connectivity index (χ1) is 15.7. The molecule has 4 rings (SSSR count). The fraction of sp³-hybridized carbons (Fsp3) is 0.393. The summed E-state index contributed by atoms with van der Waals surface area (Å²) in [6.07, 6.45) is 8.93. The molecule has 3 aromatic rings. The summed E-state index contributed by atoms with van der Waals surface area (Å²) in [5, 5.41) is 9.30. The second-order valence-corrected chi connectivity index (χ2v) is 8.96. The number of nitriles is 1. The highest BCUT2D eigenvalue weighted by Gasteiger charge is 2.19. The van der Waals surface area contributed by atoms with E-state index in [9.17, 15) is 5.26 Å². The minimum absolute atomic E-state index is 0.738. The Morgan fingerprint density at radius 1 is 0.969 bits per heavy atom. The molecule has 1 aromatic heterocycles. The van der Waals surface area contributed by atoms with E-state index in [0.29, 0.717) is 0 Å². The molecule has 1 aliphatic rings. The van der Waals surface area contributed by atoms with Crippen LogP contribution in [-0.4, -0.2) is 23.1 Å². The van der Waals surface area contributed by atoms with Crippen LogP contribution in [0.3, 0.4) is 0 Å². The number of hydrogen-bond acceptors (Lipinski definition) is 3. The van der Waals surface area contributed by atoms with Gasteiger partial charge in [-0.3, -0.25) is 4.90 Å². The van der Waals surface area contributed by atoms with Gasteiger partial charge in [-0.1, -0.05) is 43.5 Å². The van der Waals surface area contributed by atoms with E-state index in [1.807, 2.05) is 24.3 Å². The van der Waals surface area contributed by atoms with Gasteiger partial charge < -0.3 is 9.30 Å². The Morgan fingerprint density at radius 3 is 2.59 bits per heavy atom. The lowest BCUT2D eigenvalue weighted by Crippen LogP contribution is -2.30. The van der Waals surface area contributed by atoms with E-state index in [4.69, 9.17) is 4.74 Å². The molecule has 4 heteroatoms. The number of hydrogen-bond donors (Lipinski definition) is 0. The van der Waals surface area contributed by atoms with Crippen LogP contribution in [0.5, 0.6) is 5.75 Å². The largest absolute Gasteiger partial charge is 0.497 e. The molecule has 1 fully saturated rings. The van der Waals surface area contributed by atoms with Crippen LogP contribution >= 0.6 is 0 Å². The molecule has 0 N–H and O–H groups in total. The van der Waals surface area contributed by atoms with Crippen molar-refractivity contribution in [2.24, 2.45) is 5.92 Å². The number of ether oxygens (including phenoxy) is 1. The molecule has 2 aromatic carbocycles. The van der Waals surface area contributed by atoms with E-state index >= 15 is 0 Å². The van der Waals surface area contributed by atoms with Gasteiger partial charge in [0.25, 0.3) is 0 Å². The Bertz CT molecular complexity index is 1040. The van der Waals surface area contributed by atoms with Crippen LogP contribution in [0.4, 0.5) is 0 Å². The number of methoxy groups -OCH3 is 1. The molecule has 0 saturated heterocycles. The maximum absolute atomic E-state index is 9.30. The fourth-order valence-electron chi connectivity index (χ4n) is 4.86. The van der Waals surface area contributed by atoms with Crippen LogP contribution in [-0.2, 0) is 19.6 Å². The minimum atomic E-state index is 0.738. The monoisotopic (exact) mass is 427 g/mol. The summed E-state index contributed by atoms with van der Waals surface area (Å²) >= 11 is 0. The van der Waals surface area contributed by atoms with Gasteiger partial charge >= 0.3 is 0 Å². The Labute approximate surface area is 192 Å². The van der Waals surface area contributed by atoms with Gasteiger partial charge in [0.1, 0.15) is 5.75 Å². The van der Waals surface area contributed by atoms with Crippen molar-refractivity contribution in [2.75, 3.05) is 13.7 Å². The molecule has 166 valence electrons. The zero-order valence-corrected chi connectivity index (χ0v) is 19.0. The third kappa shape index (κ3) is 6.02. The quantitative estimate of drug-likeness (QED) is 0.421. The standard InChI is InChI=1S/C28H33N3O/c1-32-28-14-6-12-26(17-28)21-31-15-7-13-27(31)22-30(19-23-8-3-2-4-9-23)20-25-11-5-10-24(16-25)18-29/h5-7,10-17,23H,2-4,8-9,19-22H2,1H3. The van der Waals surface area contributed by atoms with Gasteiger partial charge in [-0.25, -0.2) is 0 Å². The van der Waals surface area contributed by atoms with Crippen LogP contribution in [0.1, 0.15) is 54.5 Å². The first-order valence-electron chi connectivity index (χ1n) is 11.7. The van der Waals surface area contributed by atoms with Gasteiger partial charge in [0.15, 0.2) is 0 Å². The van der Waals surface area contributed by atoms with Crippen molar-refractivity contribution in [3.05, 3.63) is 89.2 Å². The zero-order valence-electron chi connectivity index (χ0n) is 19.0. The summed E-state index contributed by atoms with van der Waals surface area (Å²) in [7, 11) is 1.71. The molecular formula is C28H33N3O. The van der Waals surface area contributed by atoms with E-state index in [1.165, 1.54) is 48.9 Å². The normalized spacial score (nSPS) is 14.4.